The van der Waals surface area contributed by atoms with Crippen LogP contribution in [-0.2, 0) is 0 Å². The zero-order chi connectivity index (χ0) is 14.4. The van der Waals surface area contributed by atoms with E-state index in [1.165, 1.54) is 12.3 Å². The van der Waals surface area contributed by atoms with Gasteiger partial charge in [-0.05, 0) is 25.9 Å². The fourth-order valence-electron chi connectivity index (χ4n) is 2.42. The average molecular weight is 283 g/mol. The van der Waals surface area contributed by atoms with Gasteiger partial charge in [0.15, 0.2) is 5.82 Å². The Morgan fingerprint density at radius 2 is 2.00 bits per heavy atom. The van der Waals surface area contributed by atoms with Gasteiger partial charge in [0.1, 0.15) is 0 Å². The third-order valence-electron chi connectivity index (χ3n) is 3.65. The summed E-state index contributed by atoms with van der Waals surface area (Å²) in [6.07, 6.45) is 4.55. The second-order valence-corrected chi connectivity index (χ2v) is 5.08. The van der Waals surface area contributed by atoms with E-state index in [1.807, 2.05) is 0 Å². The molecule has 1 saturated heterocycles. The Hall–Kier alpha value is -1.40. The Bertz CT molecular complexity index is 428. The minimum absolute atomic E-state index is 0.179. The van der Waals surface area contributed by atoms with E-state index >= 15 is 0 Å². The van der Waals surface area contributed by atoms with Gasteiger partial charge in [0, 0.05) is 32.2 Å². The average Bonchev–Trinajstić information content (AvgIpc) is 2.90. The fraction of sp³-hybridized carbons (Fsp3) is 0.643. The molecule has 0 aliphatic carbocycles. The fourth-order valence-corrected chi connectivity index (χ4v) is 2.42. The molecule has 0 bridgehead atoms. The van der Waals surface area contributed by atoms with Gasteiger partial charge in [0.05, 0.1) is 6.26 Å². The van der Waals surface area contributed by atoms with Crippen LogP contribution in [0.15, 0.2) is 16.7 Å². The molecule has 1 aliphatic heterocycles. The number of rotatable bonds is 6. The van der Waals surface area contributed by atoms with Gasteiger partial charge in [-0.25, -0.2) is 4.39 Å². The Kier molecular flexibility index (Phi) is 5.55. The number of carbonyl (C=O) groups excluding carboxylic acids is 1. The van der Waals surface area contributed by atoms with Crippen LogP contribution in [0.1, 0.15) is 29.8 Å². The summed E-state index contributed by atoms with van der Waals surface area (Å²) in [4.78, 5) is 16.0. The van der Waals surface area contributed by atoms with Crippen molar-refractivity contribution in [2.24, 2.45) is 5.73 Å². The van der Waals surface area contributed by atoms with Gasteiger partial charge in [-0.15, -0.1) is 0 Å². The van der Waals surface area contributed by atoms with Gasteiger partial charge in [0.25, 0.3) is 5.91 Å². The molecule has 6 heteroatoms. The SMILES string of the molecule is NCCCCCN1CCN(C(=O)c2occc2F)CC1. The molecule has 0 saturated carbocycles. The molecule has 112 valence electrons. The van der Waals surface area contributed by atoms with Crippen LogP contribution in [0.5, 0.6) is 0 Å². The normalized spacial score (nSPS) is 16.6. The predicted molar refractivity (Wildman–Crippen MR) is 73.9 cm³/mol. The number of hydrogen-bond donors (Lipinski definition) is 1. The standard InChI is InChI=1S/C14H22FN3O2/c15-12-4-11-20-13(12)14(19)18-9-7-17(8-10-18)6-3-1-2-5-16/h4,11H,1-3,5-10,16H2. The van der Waals surface area contributed by atoms with Crippen molar-refractivity contribution < 1.29 is 13.6 Å². The van der Waals surface area contributed by atoms with E-state index in [-0.39, 0.29) is 11.7 Å². The highest BCUT2D eigenvalue weighted by atomic mass is 19.1. The number of piperazine rings is 1. The first-order chi connectivity index (χ1) is 9.72. The van der Waals surface area contributed by atoms with Crippen LogP contribution in [0.3, 0.4) is 0 Å². The van der Waals surface area contributed by atoms with Crippen LogP contribution >= 0.6 is 0 Å². The van der Waals surface area contributed by atoms with Gasteiger partial charge < -0.3 is 15.1 Å². The Morgan fingerprint density at radius 3 is 2.60 bits per heavy atom. The number of halogens is 1. The summed E-state index contributed by atoms with van der Waals surface area (Å²) >= 11 is 0. The highest BCUT2D eigenvalue weighted by Gasteiger charge is 2.25. The summed E-state index contributed by atoms with van der Waals surface area (Å²) in [5.74, 6) is -1.11. The molecule has 1 aromatic rings. The van der Waals surface area contributed by atoms with E-state index in [2.05, 4.69) is 4.90 Å². The van der Waals surface area contributed by atoms with E-state index < -0.39 is 5.82 Å². The van der Waals surface area contributed by atoms with Crippen LogP contribution in [-0.4, -0.2) is 55.0 Å². The van der Waals surface area contributed by atoms with Crippen LogP contribution in [0.25, 0.3) is 0 Å². The smallest absolute Gasteiger partial charge is 0.292 e. The van der Waals surface area contributed by atoms with Crippen LogP contribution in [0.2, 0.25) is 0 Å². The maximum Gasteiger partial charge on any atom is 0.292 e. The zero-order valence-corrected chi connectivity index (χ0v) is 11.7. The summed E-state index contributed by atoms with van der Waals surface area (Å²) < 4.78 is 18.2. The molecule has 2 N–H and O–H groups in total. The number of hydrogen-bond acceptors (Lipinski definition) is 4. The first-order valence-corrected chi connectivity index (χ1v) is 7.17. The van der Waals surface area contributed by atoms with Gasteiger partial charge in [0.2, 0.25) is 5.76 Å². The summed E-state index contributed by atoms with van der Waals surface area (Å²) in [5.41, 5.74) is 5.46. The summed E-state index contributed by atoms with van der Waals surface area (Å²) in [7, 11) is 0. The molecule has 0 atom stereocenters. The second kappa shape index (κ2) is 7.40. The molecule has 0 unspecified atom stereocenters. The molecule has 1 fully saturated rings. The van der Waals surface area contributed by atoms with Crippen LogP contribution in [0, 0.1) is 5.82 Å². The molecular weight excluding hydrogens is 261 g/mol. The van der Waals surface area contributed by atoms with E-state index in [1.54, 1.807) is 4.90 Å². The molecule has 0 spiro atoms. The van der Waals surface area contributed by atoms with Gasteiger partial charge in [-0.1, -0.05) is 6.42 Å². The minimum atomic E-state index is -0.584. The lowest BCUT2D eigenvalue weighted by Gasteiger charge is -2.34. The largest absolute Gasteiger partial charge is 0.456 e. The maximum absolute atomic E-state index is 13.3. The first-order valence-electron chi connectivity index (χ1n) is 7.17. The molecule has 1 aliphatic rings. The molecule has 0 aromatic carbocycles. The lowest BCUT2D eigenvalue weighted by atomic mass is 10.2. The number of furan rings is 1. The molecule has 0 radical (unpaired) electrons. The quantitative estimate of drug-likeness (QED) is 0.800. The van der Waals surface area contributed by atoms with E-state index in [0.29, 0.717) is 13.1 Å². The number of amides is 1. The molecule has 2 rings (SSSR count). The molecular formula is C14H22FN3O2. The first kappa shape index (κ1) is 15.0. The molecule has 5 nitrogen and oxygen atoms in total. The Labute approximate surface area is 118 Å². The third-order valence-corrected chi connectivity index (χ3v) is 3.65. The molecule has 20 heavy (non-hydrogen) atoms. The zero-order valence-electron chi connectivity index (χ0n) is 11.7. The van der Waals surface area contributed by atoms with Crippen molar-refractivity contribution in [3.05, 3.63) is 23.9 Å². The van der Waals surface area contributed by atoms with Gasteiger partial charge in [-0.3, -0.25) is 9.69 Å². The van der Waals surface area contributed by atoms with Crippen LogP contribution in [0.4, 0.5) is 4.39 Å². The molecule has 2 heterocycles. The van der Waals surface area contributed by atoms with E-state index in [9.17, 15) is 9.18 Å². The molecule has 1 amide bonds. The maximum atomic E-state index is 13.3. The van der Waals surface area contributed by atoms with Gasteiger partial charge in [-0.2, -0.15) is 0 Å². The highest BCUT2D eigenvalue weighted by Crippen LogP contribution is 2.13. The van der Waals surface area contributed by atoms with Crippen molar-refractivity contribution in [1.29, 1.82) is 0 Å². The number of unbranched alkanes of at least 4 members (excludes halogenated alkanes) is 2. The van der Waals surface area contributed by atoms with Crippen molar-refractivity contribution in [2.75, 3.05) is 39.3 Å². The summed E-state index contributed by atoms with van der Waals surface area (Å²) in [6, 6.07) is 1.17. The van der Waals surface area contributed by atoms with Crippen molar-refractivity contribution in [3.8, 4) is 0 Å². The van der Waals surface area contributed by atoms with Crippen molar-refractivity contribution in [1.82, 2.24) is 9.80 Å². The minimum Gasteiger partial charge on any atom is -0.456 e. The van der Waals surface area contributed by atoms with Crippen molar-refractivity contribution in [3.63, 3.8) is 0 Å². The Morgan fingerprint density at radius 1 is 1.25 bits per heavy atom. The van der Waals surface area contributed by atoms with Crippen molar-refractivity contribution >= 4 is 5.91 Å². The lowest BCUT2D eigenvalue weighted by Crippen LogP contribution is -2.48. The number of carbonyl (C=O) groups is 1. The number of nitrogens with two attached hydrogens (primary N) is 1. The van der Waals surface area contributed by atoms with Gasteiger partial charge >= 0.3 is 0 Å². The second-order valence-electron chi connectivity index (χ2n) is 5.08. The summed E-state index contributed by atoms with van der Waals surface area (Å²) in [5, 5.41) is 0. The number of nitrogens with zero attached hydrogens (tertiary/aromatic N) is 2. The van der Waals surface area contributed by atoms with Crippen LogP contribution < -0.4 is 5.73 Å². The Balaban J connectivity index is 1.74. The predicted octanol–water partition coefficient (Wildman–Crippen LogP) is 1.31. The van der Waals surface area contributed by atoms with E-state index in [4.69, 9.17) is 10.2 Å². The highest BCUT2D eigenvalue weighted by molar-refractivity contribution is 5.91. The monoisotopic (exact) mass is 283 g/mol. The summed E-state index contributed by atoms with van der Waals surface area (Å²) in [6.45, 7) is 4.69. The topological polar surface area (TPSA) is 62.7 Å². The lowest BCUT2D eigenvalue weighted by molar-refractivity contribution is 0.0598. The van der Waals surface area contributed by atoms with E-state index in [0.717, 1.165) is 45.4 Å². The third kappa shape index (κ3) is 3.80. The molecule has 1 aromatic heterocycles. The van der Waals surface area contributed by atoms with Crippen molar-refractivity contribution in [2.45, 2.75) is 19.3 Å².